The number of ether oxygens (including phenoxy) is 2. The molecule has 7 heteroatoms. The van der Waals surface area contributed by atoms with Crippen LogP contribution in [0.1, 0.15) is 58.2 Å². The van der Waals surface area contributed by atoms with Crippen molar-refractivity contribution in [2.45, 2.75) is 32.7 Å². The van der Waals surface area contributed by atoms with Crippen LogP contribution < -0.4 is 14.8 Å². The zero-order chi connectivity index (χ0) is 22.3. The van der Waals surface area contributed by atoms with E-state index >= 15 is 0 Å². The number of nitrogens with one attached hydrogen (secondary N) is 2. The molecular weight excluding hydrogens is 394 g/mol. The van der Waals surface area contributed by atoms with Crippen molar-refractivity contribution in [2.75, 3.05) is 26.8 Å². The van der Waals surface area contributed by atoms with Gasteiger partial charge in [-0.05, 0) is 42.8 Å². The molecule has 0 aliphatic carbocycles. The molecule has 0 bridgehead atoms. The van der Waals surface area contributed by atoms with Gasteiger partial charge in [-0.25, -0.2) is 0 Å². The lowest BCUT2D eigenvalue weighted by Gasteiger charge is -2.18. The summed E-state index contributed by atoms with van der Waals surface area (Å²) in [4.78, 5) is 27.0. The second-order valence-electron chi connectivity index (χ2n) is 8.53. The average molecular weight is 421 g/mol. The molecule has 2 aliphatic rings. The van der Waals surface area contributed by atoms with Crippen LogP contribution in [0.3, 0.4) is 0 Å². The highest BCUT2D eigenvalue weighted by Crippen LogP contribution is 2.39. The number of amides is 1. The lowest BCUT2D eigenvalue weighted by atomic mass is 9.86. The topological polar surface area (TPSA) is 91.7 Å². The van der Waals surface area contributed by atoms with Gasteiger partial charge in [0.1, 0.15) is 17.3 Å². The fraction of sp³-hybridized carbons (Fsp3) is 0.375. The number of hydrogen-bond donors (Lipinski definition) is 2. The van der Waals surface area contributed by atoms with Crippen molar-refractivity contribution in [3.8, 4) is 11.5 Å². The second-order valence-corrected chi connectivity index (χ2v) is 8.53. The zero-order valence-corrected chi connectivity index (χ0v) is 18.3. The maximum absolute atomic E-state index is 13.0. The van der Waals surface area contributed by atoms with Crippen LogP contribution in [-0.2, 0) is 12.0 Å². The van der Waals surface area contributed by atoms with E-state index in [1.165, 1.54) is 0 Å². The molecule has 0 saturated carbocycles. The molecule has 0 unspecified atom stereocenters. The third-order valence-electron chi connectivity index (χ3n) is 5.86. The van der Waals surface area contributed by atoms with Crippen LogP contribution in [-0.4, -0.2) is 49.2 Å². The summed E-state index contributed by atoms with van der Waals surface area (Å²) < 4.78 is 11.4. The lowest BCUT2D eigenvalue weighted by Crippen LogP contribution is -2.30. The number of nitrogens with zero attached hydrogens (tertiary/aromatic N) is 1. The summed E-state index contributed by atoms with van der Waals surface area (Å²) >= 11 is 0. The van der Waals surface area contributed by atoms with Crippen LogP contribution in [0, 0.1) is 5.41 Å². The third kappa shape index (κ3) is 3.65. The largest absolute Gasteiger partial charge is 0.493 e. The maximum atomic E-state index is 13.0. The summed E-state index contributed by atoms with van der Waals surface area (Å²) in [6, 6.07) is 9.03. The molecule has 31 heavy (non-hydrogen) atoms. The molecule has 0 aromatic heterocycles. The predicted molar refractivity (Wildman–Crippen MR) is 118 cm³/mol. The molecule has 0 saturated heterocycles. The van der Waals surface area contributed by atoms with E-state index in [0.29, 0.717) is 42.2 Å². The first kappa shape index (κ1) is 20.9. The minimum atomic E-state index is -0.267. The van der Waals surface area contributed by atoms with Crippen LogP contribution in [0.2, 0.25) is 0 Å². The number of hydrogen-bond acceptors (Lipinski definition) is 5. The highest BCUT2D eigenvalue weighted by Gasteiger charge is 2.33. The molecule has 4 rings (SSSR count). The standard InChI is InChI=1S/C24H27N3O4/c1-5-30-21-9-15-11-27(22(25)16(15)10-17(21)23(29)26-4)12-19(28)14-6-7-20-18(8-14)24(2,3)13-31-20/h6-10,25H,5,11-13H2,1-4H3,(H,26,29). The quantitative estimate of drug-likeness (QED) is 0.699. The van der Waals surface area contributed by atoms with E-state index in [4.69, 9.17) is 14.9 Å². The van der Waals surface area contributed by atoms with E-state index in [9.17, 15) is 9.59 Å². The molecule has 2 aromatic rings. The molecule has 0 fully saturated rings. The molecule has 0 atom stereocenters. The summed E-state index contributed by atoms with van der Waals surface area (Å²) in [5.74, 6) is 1.23. The summed E-state index contributed by atoms with van der Waals surface area (Å²) in [6.07, 6.45) is 0. The van der Waals surface area contributed by atoms with Gasteiger partial charge >= 0.3 is 0 Å². The SMILES string of the molecule is CCOc1cc2c(cc1C(=O)NC)C(=N)N(CC(=O)c1ccc3c(c1)C(C)(C)CO3)C2. The fourth-order valence-electron chi connectivity index (χ4n) is 4.11. The minimum Gasteiger partial charge on any atom is -0.493 e. The molecule has 1 amide bonds. The van der Waals surface area contributed by atoms with Crippen LogP contribution in [0.5, 0.6) is 11.5 Å². The van der Waals surface area contributed by atoms with Crippen LogP contribution >= 0.6 is 0 Å². The normalized spacial score (nSPS) is 15.9. The number of carbonyl (C=O) groups is 2. The van der Waals surface area contributed by atoms with Gasteiger partial charge in [0.15, 0.2) is 5.78 Å². The van der Waals surface area contributed by atoms with Crippen molar-refractivity contribution in [1.82, 2.24) is 10.2 Å². The predicted octanol–water partition coefficient (Wildman–Crippen LogP) is 3.14. The van der Waals surface area contributed by atoms with Gasteiger partial charge in [-0.2, -0.15) is 0 Å². The number of ketones is 1. The number of carbonyl (C=O) groups excluding carboxylic acids is 2. The molecular formula is C24H27N3O4. The van der Waals surface area contributed by atoms with Crippen molar-refractivity contribution in [3.63, 3.8) is 0 Å². The van der Waals surface area contributed by atoms with Crippen molar-refractivity contribution in [2.24, 2.45) is 0 Å². The molecule has 2 aliphatic heterocycles. The fourth-order valence-corrected chi connectivity index (χ4v) is 4.11. The van der Waals surface area contributed by atoms with E-state index in [0.717, 1.165) is 16.9 Å². The highest BCUT2D eigenvalue weighted by atomic mass is 16.5. The van der Waals surface area contributed by atoms with Crippen LogP contribution in [0.25, 0.3) is 0 Å². The molecule has 0 spiro atoms. The van der Waals surface area contributed by atoms with Crippen molar-refractivity contribution >= 4 is 17.5 Å². The van der Waals surface area contributed by atoms with Gasteiger partial charge in [-0.1, -0.05) is 13.8 Å². The van der Waals surface area contributed by atoms with Crippen molar-refractivity contribution in [3.05, 3.63) is 58.1 Å². The molecule has 2 heterocycles. The van der Waals surface area contributed by atoms with Gasteiger partial charge in [0.05, 0.1) is 25.3 Å². The maximum Gasteiger partial charge on any atom is 0.254 e. The Bertz CT molecular complexity index is 1090. The van der Waals surface area contributed by atoms with Crippen molar-refractivity contribution in [1.29, 1.82) is 5.41 Å². The van der Waals surface area contributed by atoms with Gasteiger partial charge in [-0.15, -0.1) is 0 Å². The Balaban J connectivity index is 1.57. The van der Waals surface area contributed by atoms with Gasteiger partial charge in [0.25, 0.3) is 5.91 Å². The molecule has 0 radical (unpaired) electrons. The number of fused-ring (bicyclic) bond motifs is 2. The van der Waals surface area contributed by atoms with E-state index in [1.807, 2.05) is 19.1 Å². The first-order valence-electron chi connectivity index (χ1n) is 10.4. The molecule has 162 valence electrons. The first-order valence-corrected chi connectivity index (χ1v) is 10.4. The summed E-state index contributed by atoms with van der Waals surface area (Å²) in [7, 11) is 1.56. The van der Waals surface area contributed by atoms with E-state index in [1.54, 1.807) is 30.1 Å². The number of benzene rings is 2. The number of Topliss-reactive ketones (excluding diaryl/α,β-unsaturated/α-hetero) is 1. The zero-order valence-electron chi connectivity index (χ0n) is 18.3. The lowest BCUT2D eigenvalue weighted by molar-refractivity contribution is 0.0953. The van der Waals surface area contributed by atoms with Gasteiger partial charge < -0.3 is 19.7 Å². The summed E-state index contributed by atoms with van der Waals surface area (Å²) in [6.45, 7) is 7.60. The Kier molecular flexibility index (Phi) is 5.21. The van der Waals surface area contributed by atoms with Gasteiger partial charge in [0.2, 0.25) is 0 Å². The van der Waals surface area contributed by atoms with E-state index < -0.39 is 0 Å². The van der Waals surface area contributed by atoms with Crippen molar-refractivity contribution < 1.29 is 19.1 Å². The summed E-state index contributed by atoms with van der Waals surface area (Å²) in [5.41, 5.74) is 3.43. The molecule has 2 aromatic carbocycles. The van der Waals surface area contributed by atoms with Crippen LogP contribution in [0.15, 0.2) is 30.3 Å². The van der Waals surface area contributed by atoms with Crippen LogP contribution in [0.4, 0.5) is 0 Å². The Morgan fingerprint density at radius 2 is 2.03 bits per heavy atom. The van der Waals surface area contributed by atoms with E-state index in [2.05, 4.69) is 19.2 Å². The Morgan fingerprint density at radius 3 is 2.74 bits per heavy atom. The first-order chi connectivity index (χ1) is 14.7. The second kappa shape index (κ2) is 7.72. The Morgan fingerprint density at radius 1 is 1.26 bits per heavy atom. The molecule has 7 nitrogen and oxygen atoms in total. The number of rotatable bonds is 6. The highest BCUT2D eigenvalue weighted by molar-refractivity contribution is 6.07. The smallest absolute Gasteiger partial charge is 0.254 e. The van der Waals surface area contributed by atoms with E-state index in [-0.39, 0.29) is 29.5 Å². The minimum absolute atomic E-state index is 0.0559. The van der Waals surface area contributed by atoms with Gasteiger partial charge in [0, 0.05) is 35.7 Å². The number of amidine groups is 1. The Labute approximate surface area is 181 Å². The molecule has 2 N–H and O–H groups in total. The van der Waals surface area contributed by atoms with Gasteiger partial charge in [-0.3, -0.25) is 15.0 Å². The average Bonchev–Trinajstić information content (AvgIpc) is 3.22. The third-order valence-corrected chi connectivity index (χ3v) is 5.86. The summed E-state index contributed by atoms with van der Waals surface area (Å²) in [5, 5.41) is 11.2. The monoisotopic (exact) mass is 421 g/mol. The Hall–Kier alpha value is -3.35.